The molecule has 6 nitrogen and oxygen atoms in total. The van der Waals surface area contributed by atoms with Crippen LogP contribution < -0.4 is 15.8 Å². The predicted molar refractivity (Wildman–Crippen MR) is 76.1 cm³/mol. The Labute approximate surface area is 112 Å². The molecular formula is C11H21N5OS. The Hall–Kier alpha value is -1.24. The van der Waals surface area contributed by atoms with Crippen LogP contribution in [-0.4, -0.2) is 40.1 Å². The van der Waals surface area contributed by atoms with E-state index in [9.17, 15) is 0 Å². The molecule has 0 fully saturated rings. The SMILES string of the molecule is CCCOc1nc(N)nc(NCCCCSC)n1. The van der Waals surface area contributed by atoms with E-state index in [1.54, 1.807) is 0 Å². The highest BCUT2D eigenvalue weighted by Gasteiger charge is 2.04. The zero-order chi connectivity index (χ0) is 13.2. The quantitative estimate of drug-likeness (QED) is 0.662. The number of hydrogen-bond donors (Lipinski definition) is 2. The van der Waals surface area contributed by atoms with Gasteiger partial charge in [-0.05, 0) is 31.3 Å². The molecule has 0 radical (unpaired) electrons. The molecule has 0 atom stereocenters. The number of anilines is 2. The van der Waals surface area contributed by atoms with Gasteiger partial charge < -0.3 is 15.8 Å². The van der Waals surface area contributed by atoms with Crippen LogP contribution in [0, 0.1) is 0 Å². The molecule has 0 aromatic carbocycles. The van der Waals surface area contributed by atoms with Crippen LogP contribution in [0.1, 0.15) is 26.2 Å². The number of unbranched alkanes of at least 4 members (excludes halogenated alkanes) is 1. The number of nitrogens with zero attached hydrogens (tertiary/aromatic N) is 3. The Balaban J connectivity index is 2.41. The molecule has 1 heterocycles. The molecule has 1 aromatic rings. The van der Waals surface area contributed by atoms with E-state index in [0.717, 1.165) is 19.4 Å². The number of rotatable bonds is 9. The predicted octanol–water partition coefficient (Wildman–Crippen LogP) is 1.80. The number of aromatic nitrogens is 3. The van der Waals surface area contributed by atoms with Crippen LogP contribution in [0.3, 0.4) is 0 Å². The number of hydrogen-bond acceptors (Lipinski definition) is 7. The van der Waals surface area contributed by atoms with Crippen molar-refractivity contribution in [2.45, 2.75) is 26.2 Å². The van der Waals surface area contributed by atoms with Gasteiger partial charge in [0.05, 0.1) is 6.61 Å². The molecule has 0 aliphatic heterocycles. The standard InChI is InChI=1S/C11H21N5OS/c1-3-7-17-11-15-9(12)14-10(16-11)13-6-4-5-8-18-2/h3-8H2,1-2H3,(H3,12,13,14,15,16). The van der Waals surface area contributed by atoms with Crippen LogP contribution in [0.15, 0.2) is 0 Å². The summed E-state index contributed by atoms with van der Waals surface area (Å²) in [5, 5.41) is 3.13. The zero-order valence-electron chi connectivity index (χ0n) is 11.0. The highest BCUT2D eigenvalue weighted by molar-refractivity contribution is 7.98. The summed E-state index contributed by atoms with van der Waals surface area (Å²) in [4.78, 5) is 12.1. The van der Waals surface area contributed by atoms with Crippen LogP contribution in [0.25, 0.3) is 0 Å². The molecule has 7 heteroatoms. The monoisotopic (exact) mass is 271 g/mol. The first-order valence-electron chi connectivity index (χ1n) is 6.13. The summed E-state index contributed by atoms with van der Waals surface area (Å²) in [7, 11) is 0. The molecular weight excluding hydrogens is 250 g/mol. The first kappa shape index (κ1) is 14.8. The highest BCUT2D eigenvalue weighted by atomic mass is 32.2. The molecule has 0 saturated carbocycles. The number of ether oxygens (including phenoxy) is 1. The average Bonchev–Trinajstić information content (AvgIpc) is 2.35. The van der Waals surface area contributed by atoms with Crippen molar-refractivity contribution in [3.8, 4) is 6.01 Å². The molecule has 102 valence electrons. The van der Waals surface area contributed by atoms with Crippen molar-refractivity contribution in [1.82, 2.24) is 15.0 Å². The summed E-state index contributed by atoms with van der Waals surface area (Å²) in [6, 6.07) is 0.288. The summed E-state index contributed by atoms with van der Waals surface area (Å²) < 4.78 is 5.34. The molecule has 0 unspecified atom stereocenters. The van der Waals surface area contributed by atoms with Crippen LogP contribution >= 0.6 is 11.8 Å². The Kier molecular flexibility index (Phi) is 7.24. The van der Waals surface area contributed by atoms with E-state index in [2.05, 4.69) is 26.5 Å². The smallest absolute Gasteiger partial charge is 0.323 e. The Morgan fingerprint density at radius 3 is 2.83 bits per heavy atom. The maximum absolute atomic E-state index is 5.60. The molecule has 3 N–H and O–H groups in total. The number of nitrogens with one attached hydrogen (secondary N) is 1. The number of nitrogen functional groups attached to an aromatic ring is 1. The molecule has 0 saturated heterocycles. The fourth-order valence-electron chi connectivity index (χ4n) is 1.28. The summed E-state index contributed by atoms with van der Waals surface area (Å²) >= 11 is 1.85. The Morgan fingerprint density at radius 1 is 1.28 bits per heavy atom. The average molecular weight is 271 g/mol. The van der Waals surface area contributed by atoms with E-state index in [-0.39, 0.29) is 12.0 Å². The van der Waals surface area contributed by atoms with E-state index in [1.807, 2.05) is 18.7 Å². The fraction of sp³-hybridized carbons (Fsp3) is 0.727. The topological polar surface area (TPSA) is 86.0 Å². The van der Waals surface area contributed by atoms with Gasteiger partial charge in [0.15, 0.2) is 0 Å². The van der Waals surface area contributed by atoms with Crippen LogP contribution in [-0.2, 0) is 0 Å². The lowest BCUT2D eigenvalue weighted by Gasteiger charge is -2.07. The van der Waals surface area contributed by atoms with E-state index < -0.39 is 0 Å². The lowest BCUT2D eigenvalue weighted by atomic mass is 10.3. The first-order valence-corrected chi connectivity index (χ1v) is 7.52. The van der Waals surface area contributed by atoms with Gasteiger partial charge in [-0.1, -0.05) is 6.92 Å². The zero-order valence-corrected chi connectivity index (χ0v) is 11.8. The minimum atomic E-state index is 0.183. The number of thioether (sulfide) groups is 1. The third-order valence-electron chi connectivity index (χ3n) is 2.13. The normalized spacial score (nSPS) is 10.3. The molecule has 18 heavy (non-hydrogen) atoms. The summed E-state index contributed by atoms with van der Waals surface area (Å²) in [5.41, 5.74) is 5.60. The molecule has 0 aliphatic rings. The van der Waals surface area contributed by atoms with Gasteiger partial charge in [-0.3, -0.25) is 0 Å². The molecule has 0 bridgehead atoms. The van der Waals surface area contributed by atoms with E-state index in [1.165, 1.54) is 12.2 Å². The van der Waals surface area contributed by atoms with Gasteiger partial charge in [-0.25, -0.2) is 0 Å². The molecule has 0 aliphatic carbocycles. The number of nitrogens with two attached hydrogens (primary N) is 1. The van der Waals surface area contributed by atoms with Crippen molar-refractivity contribution in [3.05, 3.63) is 0 Å². The largest absolute Gasteiger partial charge is 0.463 e. The van der Waals surface area contributed by atoms with E-state index in [4.69, 9.17) is 10.5 Å². The van der Waals surface area contributed by atoms with Crippen LogP contribution in [0.2, 0.25) is 0 Å². The second kappa shape index (κ2) is 8.79. The minimum absolute atomic E-state index is 0.183. The second-order valence-electron chi connectivity index (χ2n) is 3.77. The summed E-state index contributed by atoms with van der Waals surface area (Å²) in [6.07, 6.45) is 5.27. The van der Waals surface area contributed by atoms with Crippen molar-refractivity contribution < 1.29 is 4.74 Å². The molecule has 1 aromatic heterocycles. The molecule has 0 spiro atoms. The van der Waals surface area contributed by atoms with Gasteiger partial charge in [-0.2, -0.15) is 26.7 Å². The lowest BCUT2D eigenvalue weighted by Crippen LogP contribution is -2.10. The second-order valence-corrected chi connectivity index (χ2v) is 4.76. The third-order valence-corrected chi connectivity index (χ3v) is 2.82. The Bertz CT molecular complexity index is 350. The van der Waals surface area contributed by atoms with Gasteiger partial charge >= 0.3 is 6.01 Å². The maximum Gasteiger partial charge on any atom is 0.323 e. The van der Waals surface area contributed by atoms with Crippen molar-refractivity contribution in [3.63, 3.8) is 0 Å². The van der Waals surface area contributed by atoms with Crippen LogP contribution in [0.4, 0.5) is 11.9 Å². The van der Waals surface area contributed by atoms with Crippen molar-refractivity contribution in [2.24, 2.45) is 0 Å². The minimum Gasteiger partial charge on any atom is -0.463 e. The Morgan fingerprint density at radius 2 is 2.11 bits per heavy atom. The van der Waals surface area contributed by atoms with Crippen LogP contribution in [0.5, 0.6) is 6.01 Å². The maximum atomic E-state index is 5.60. The van der Waals surface area contributed by atoms with Gasteiger partial charge in [0.2, 0.25) is 11.9 Å². The lowest BCUT2D eigenvalue weighted by molar-refractivity contribution is 0.292. The summed E-state index contributed by atoms with van der Waals surface area (Å²) in [6.45, 7) is 3.43. The van der Waals surface area contributed by atoms with Gasteiger partial charge in [0.1, 0.15) is 0 Å². The molecule has 1 rings (SSSR count). The third kappa shape index (κ3) is 5.90. The van der Waals surface area contributed by atoms with E-state index in [0.29, 0.717) is 12.6 Å². The highest BCUT2D eigenvalue weighted by Crippen LogP contribution is 2.09. The summed E-state index contributed by atoms with van der Waals surface area (Å²) in [5.74, 6) is 1.84. The van der Waals surface area contributed by atoms with E-state index >= 15 is 0 Å². The van der Waals surface area contributed by atoms with Gasteiger partial charge in [-0.15, -0.1) is 0 Å². The first-order chi connectivity index (χ1) is 8.76. The van der Waals surface area contributed by atoms with Crippen molar-refractivity contribution in [1.29, 1.82) is 0 Å². The van der Waals surface area contributed by atoms with Crippen molar-refractivity contribution in [2.75, 3.05) is 36.2 Å². The van der Waals surface area contributed by atoms with Gasteiger partial charge in [0, 0.05) is 6.54 Å². The van der Waals surface area contributed by atoms with Gasteiger partial charge in [0.25, 0.3) is 0 Å². The van der Waals surface area contributed by atoms with Crippen molar-refractivity contribution >= 4 is 23.7 Å². The molecule has 0 amide bonds. The fourth-order valence-corrected chi connectivity index (χ4v) is 1.77.